The Bertz CT molecular complexity index is 772. The van der Waals surface area contributed by atoms with Crippen LogP contribution in [0.4, 0.5) is 0 Å². The Morgan fingerprint density at radius 2 is 1.96 bits per heavy atom. The molecular weight excluding hydrogens is 312 g/mol. The predicted molar refractivity (Wildman–Crippen MR) is 94.6 cm³/mol. The highest BCUT2D eigenvalue weighted by Crippen LogP contribution is 2.66. The Morgan fingerprint density at radius 1 is 1.12 bits per heavy atom. The maximum atomic E-state index is 11.9. The van der Waals surface area contributed by atoms with Gasteiger partial charge in [0.1, 0.15) is 5.60 Å². The molecule has 0 aromatic carbocycles. The highest BCUT2D eigenvalue weighted by atomic mass is 16.6. The Hall–Kier alpha value is -1.64. The third-order valence-corrected chi connectivity index (χ3v) is 8.24. The fourth-order valence-corrected chi connectivity index (χ4v) is 6.62. The molecule has 0 amide bonds. The summed E-state index contributed by atoms with van der Waals surface area (Å²) in [5.41, 5.74) is 2.51. The Morgan fingerprint density at radius 3 is 2.72 bits per heavy atom. The molecule has 0 radical (unpaired) electrons. The van der Waals surface area contributed by atoms with Crippen molar-refractivity contribution in [3.63, 3.8) is 0 Å². The largest absolute Gasteiger partial charge is 0.458 e. The fourth-order valence-electron chi connectivity index (χ4n) is 6.62. The molecule has 3 heteroatoms. The van der Waals surface area contributed by atoms with Crippen molar-refractivity contribution < 1.29 is 14.3 Å². The van der Waals surface area contributed by atoms with Gasteiger partial charge in [-0.3, -0.25) is 9.59 Å². The first-order chi connectivity index (χ1) is 11.9. The van der Waals surface area contributed by atoms with Crippen LogP contribution < -0.4 is 0 Å². The van der Waals surface area contributed by atoms with E-state index < -0.39 is 0 Å². The minimum atomic E-state index is -0.246. The molecule has 5 aliphatic rings. The van der Waals surface area contributed by atoms with E-state index in [4.69, 9.17) is 4.74 Å². The zero-order valence-corrected chi connectivity index (χ0v) is 15.1. The van der Waals surface area contributed by atoms with Crippen LogP contribution in [0, 0.1) is 22.7 Å². The van der Waals surface area contributed by atoms with E-state index in [9.17, 15) is 9.59 Å². The summed E-state index contributed by atoms with van der Waals surface area (Å²) in [6.07, 6.45) is 15.0. The molecular formula is C22H26O3. The van der Waals surface area contributed by atoms with Gasteiger partial charge in [0.2, 0.25) is 0 Å². The van der Waals surface area contributed by atoms with Gasteiger partial charge >= 0.3 is 5.97 Å². The molecule has 0 aromatic rings. The maximum absolute atomic E-state index is 11.9. The minimum absolute atomic E-state index is 0.0107. The molecule has 1 aliphatic heterocycles. The summed E-state index contributed by atoms with van der Waals surface area (Å²) in [5.74, 6) is 1.20. The second-order valence-corrected chi connectivity index (χ2v) is 9.18. The molecule has 1 saturated heterocycles. The summed E-state index contributed by atoms with van der Waals surface area (Å²) in [6.45, 7) is 4.67. The number of esters is 1. The Balaban J connectivity index is 1.58. The van der Waals surface area contributed by atoms with Crippen LogP contribution in [0.5, 0.6) is 0 Å². The van der Waals surface area contributed by atoms with E-state index in [1.165, 1.54) is 11.1 Å². The van der Waals surface area contributed by atoms with Crippen molar-refractivity contribution in [1.82, 2.24) is 0 Å². The van der Waals surface area contributed by atoms with Crippen molar-refractivity contribution in [2.45, 2.75) is 64.4 Å². The molecule has 0 aromatic heterocycles. The summed E-state index contributed by atoms with van der Waals surface area (Å²) in [7, 11) is 0. The van der Waals surface area contributed by atoms with Crippen LogP contribution in [0.2, 0.25) is 0 Å². The Kier molecular flexibility index (Phi) is 2.96. The van der Waals surface area contributed by atoms with E-state index in [1.807, 2.05) is 6.08 Å². The lowest BCUT2D eigenvalue weighted by atomic mass is 9.52. The van der Waals surface area contributed by atoms with Crippen molar-refractivity contribution in [2.75, 3.05) is 0 Å². The number of hydrogen-bond acceptors (Lipinski definition) is 3. The van der Waals surface area contributed by atoms with Gasteiger partial charge in [-0.1, -0.05) is 37.6 Å². The average Bonchev–Trinajstić information content (AvgIpc) is 3.10. The monoisotopic (exact) mass is 338 g/mol. The van der Waals surface area contributed by atoms with Crippen LogP contribution in [0.1, 0.15) is 58.8 Å². The number of fused-ring (bicyclic) bond motifs is 6. The summed E-state index contributed by atoms with van der Waals surface area (Å²) >= 11 is 0. The lowest BCUT2D eigenvalue weighted by Crippen LogP contribution is -2.50. The van der Waals surface area contributed by atoms with Crippen molar-refractivity contribution >= 4 is 11.8 Å². The zero-order valence-electron chi connectivity index (χ0n) is 15.1. The van der Waals surface area contributed by atoms with Crippen molar-refractivity contribution in [3.05, 3.63) is 35.5 Å². The normalized spacial score (nSPS) is 47.8. The fraction of sp³-hybridized carbons (Fsp3) is 0.636. The first kappa shape index (κ1) is 15.6. The summed E-state index contributed by atoms with van der Waals surface area (Å²) in [5, 5.41) is 0. The number of allylic oxidation sites excluding steroid dienone is 6. The van der Waals surface area contributed by atoms with Gasteiger partial charge in [0.25, 0.3) is 0 Å². The molecule has 132 valence electrons. The van der Waals surface area contributed by atoms with E-state index in [0.717, 1.165) is 32.1 Å². The zero-order chi connectivity index (χ0) is 17.4. The molecule has 1 saturated carbocycles. The molecule has 1 spiro atoms. The van der Waals surface area contributed by atoms with Gasteiger partial charge in [0.15, 0.2) is 5.78 Å². The summed E-state index contributed by atoms with van der Waals surface area (Å²) in [6, 6.07) is 0. The number of hydrogen-bond donors (Lipinski definition) is 0. The van der Waals surface area contributed by atoms with Gasteiger partial charge in [-0.2, -0.15) is 0 Å². The first-order valence-corrected chi connectivity index (χ1v) is 9.74. The highest BCUT2D eigenvalue weighted by Gasteiger charge is 2.64. The van der Waals surface area contributed by atoms with Crippen molar-refractivity contribution in [3.8, 4) is 0 Å². The summed E-state index contributed by atoms with van der Waals surface area (Å²) in [4.78, 5) is 23.8. The molecule has 5 unspecified atom stereocenters. The third kappa shape index (κ3) is 1.82. The Labute approximate surface area is 149 Å². The predicted octanol–water partition coefficient (Wildman–Crippen LogP) is 4.29. The van der Waals surface area contributed by atoms with Crippen LogP contribution in [0.25, 0.3) is 0 Å². The number of carbonyl (C=O) groups excluding carboxylic acids is 2. The van der Waals surface area contributed by atoms with Crippen molar-refractivity contribution in [2.24, 2.45) is 22.7 Å². The van der Waals surface area contributed by atoms with Crippen molar-refractivity contribution in [1.29, 1.82) is 0 Å². The van der Waals surface area contributed by atoms with Gasteiger partial charge < -0.3 is 4.74 Å². The second kappa shape index (κ2) is 4.75. The standard InChI is InChI=1S/C22H26O3/c1-20-9-5-15(23)13-14(20)3-4-16-17(20)6-10-21(2)18(16)7-11-22(21)12-8-19(24)25-22/h3-4,6,13,16,18H,5,7-12H2,1-2H3. The van der Waals surface area contributed by atoms with E-state index in [0.29, 0.717) is 24.7 Å². The van der Waals surface area contributed by atoms with E-state index in [2.05, 4.69) is 32.1 Å². The highest BCUT2D eigenvalue weighted by molar-refractivity contribution is 5.92. The van der Waals surface area contributed by atoms with Gasteiger partial charge in [0.05, 0.1) is 0 Å². The van der Waals surface area contributed by atoms with Crippen LogP contribution >= 0.6 is 0 Å². The molecule has 1 heterocycles. The number of carbonyl (C=O) groups is 2. The smallest absolute Gasteiger partial charge is 0.306 e. The van der Waals surface area contributed by atoms with Crippen LogP contribution in [0.3, 0.4) is 0 Å². The van der Waals surface area contributed by atoms with Gasteiger partial charge in [0, 0.05) is 29.6 Å². The molecule has 5 atom stereocenters. The SMILES string of the molecule is CC12CCC(=O)C=C1C=CC1C2=CCC2(C)C1CCC21CCC(=O)O1. The molecule has 3 nitrogen and oxygen atoms in total. The second-order valence-electron chi connectivity index (χ2n) is 9.18. The number of rotatable bonds is 0. The van der Waals surface area contributed by atoms with Gasteiger partial charge in [-0.25, -0.2) is 0 Å². The third-order valence-electron chi connectivity index (χ3n) is 8.24. The maximum Gasteiger partial charge on any atom is 0.306 e. The van der Waals surface area contributed by atoms with E-state index in [1.54, 1.807) is 0 Å². The van der Waals surface area contributed by atoms with Gasteiger partial charge in [-0.05, 0) is 49.7 Å². The van der Waals surface area contributed by atoms with Gasteiger partial charge in [-0.15, -0.1) is 0 Å². The lowest BCUT2D eigenvalue weighted by Gasteiger charge is -2.52. The number of ketones is 1. The van der Waals surface area contributed by atoms with E-state index >= 15 is 0 Å². The van der Waals surface area contributed by atoms with Crippen LogP contribution in [-0.2, 0) is 14.3 Å². The molecule has 0 N–H and O–H groups in total. The minimum Gasteiger partial charge on any atom is -0.458 e. The molecule has 5 rings (SSSR count). The topological polar surface area (TPSA) is 43.4 Å². The summed E-state index contributed by atoms with van der Waals surface area (Å²) < 4.78 is 5.96. The molecule has 4 aliphatic carbocycles. The molecule has 25 heavy (non-hydrogen) atoms. The van der Waals surface area contributed by atoms with Crippen LogP contribution in [0.15, 0.2) is 35.5 Å². The molecule has 0 bridgehead atoms. The van der Waals surface area contributed by atoms with E-state index in [-0.39, 0.29) is 28.2 Å². The number of ether oxygens (including phenoxy) is 1. The average molecular weight is 338 g/mol. The van der Waals surface area contributed by atoms with Crippen LogP contribution in [-0.4, -0.2) is 17.4 Å². The lowest BCUT2D eigenvalue weighted by molar-refractivity contribution is -0.159. The first-order valence-electron chi connectivity index (χ1n) is 9.74. The quantitative estimate of drug-likeness (QED) is 0.489. The molecule has 2 fully saturated rings.